The van der Waals surface area contributed by atoms with E-state index in [-0.39, 0.29) is 12.0 Å². The molecule has 0 aliphatic heterocycles. The number of aliphatic hydroxyl groups is 1. The van der Waals surface area contributed by atoms with Gasteiger partial charge in [0.15, 0.2) is 0 Å². The fourth-order valence-corrected chi connectivity index (χ4v) is 1.64. The van der Waals surface area contributed by atoms with Crippen LogP contribution in [0, 0.1) is 5.41 Å². The van der Waals surface area contributed by atoms with E-state index in [1.54, 1.807) is 7.11 Å². The quantitative estimate of drug-likeness (QED) is 0.827. The lowest BCUT2D eigenvalue weighted by atomic mass is 9.87. The molecule has 1 rings (SSSR count). The molecule has 0 aromatic heterocycles. The molecule has 0 spiro atoms. The molecule has 0 aliphatic rings. The first-order valence-corrected chi connectivity index (χ1v) is 5.23. The standard InChI is InChI=1S/C13H20O2/c1-13(2,3)8-11-7-10(9-14)5-6-12(11)15-4/h5-7,14H,8-9H2,1-4H3. The molecule has 84 valence electrons. The van der Waals surface area contributed by atoms with Crippen LogP contribution in [-0.4, -0.2) is 12.2 Å². The number of hydrogen-bond donors (Lipinski definition) is 1. The van der Waals surface area contributed by atoms with Crippen LogP contribution in [0.1, 0.15) is 31.9 Å². The number of methoxy groups -OCH3 is 1. The molecule has 0 saturated carbocycles. The highest BCUT2D eigenvalue weighted by Gasteiger charge is 2.14. The Labute approximate surface area is 91.9 Å². The van der Waals surface area contributed by atoms with Crippen LogP contribution in [0.5, 0.6) is 5.75 Å². The van der Waals surface area contributed by atoms with Gasteiger partial charge in [-0.15, -0.1) is 0 Å². The van der Waals surface area contributed by atoms with Crippen LogP contribution in [-0.2, 0) is 13.0 Å². The molecule has 0 fully saturated rings. The molecule has 0 atom stereocenters. The lowest BCUT2D eigenvalue weighted by Gasteiger charge is -2.20. The Bertz CT molecular complexity index is 324. The average molecular weight is 208 g/mol. The molecule has 1 aromatic carbocycles. The van der Waals surface area contributed by atoms with E-state index in [0.29, 0.717) is 0 Å². The van der Waals surface area contributed by atoms with Crippen molar-refractivity contribution >= 4 is 0 Å². The molecule has 0 bridgehead atoms. The first kappa shape index (κ1) is 12.1. The predicted molar refractivity (Wildman–Crippen MR) is 62.1 cm³/mol. The van der Waals surface area contributed by atoms with Crippen molar-refractivity contribution in [3.8, 4) is 5.75 Å². The summed E-state index contributed by atoms with van der Waals surface area (Å²) in [7, 11) is 1.68. The Kier molecular flexibility index (Phi) is 3.75. The molecule has 0 heterocycles. The molecule has 0 unspecified atom stereocenters. The second kappa shape index (κ2) is 4.67. The lowest BCUT2D eigenvalue weighted by Crippen LogP contribution is -2.10. The SMILES string of the molecule is COc1ccc(CO)cc1CC(C)(C)C. The molecule has 1 N–H and O–H groups in total. The molecule has 2 nitrogen and oxygen atoms in total. The highest BCUT2D eigenvalue weighted by molar-refractivity contribution is 5.37. The van der Waals surface area contributed by atoms with Gasteiger partial charge in [-0.3, -0.25) is 0 Å². The molecule has 0 saturated heterocycles. The van der Waals surface area contributed by atoms with Crippen molar-refractivity contribution in [2.75, 3.05) is 7.11 Å². The van der Waals surface area contributed by atoms with E-state index in [1.165, 1.54) is 0 Å². The summed E-state index contributed by atoms with van der Waals surface area (Å²) in [6, 6.07) is 5.84. The first-order chi connectivity index (χ1) is 6.96. The van der Waals surface area contributed by atoms with Gasteiger partial charge >= 0.3 is 0 Å². The zero-order chi connectivity index (χ0) is 11.5. The number of hydrogen-bond acceptors (Lipinski definition) is 2. The van der Waals surface area contributed by atoms with Crippen molar-refractivity contribution in [3.05, 3.63) is 29.3 Å². The van der Waals surface area contributed by atoms with E-state index < -0.39 is 0 Å². The molecule has 2 heteroatoms. The summed E-state index contributed by atoms with van der Waals surface area (Å²) < 4.78 is 5.31. The molecule has 15 heavy (non-hydrogen) atoms. The first-order valence-electron chi connectivity index (χ1n) is 5.23. The Hall–Kier alpha value is -1.02. The third kappa shape index (κ3) is 3.56. The fraction of sp³-hybridized carbons (Fsp3) is 0.538. The van der Waals surface area contributed by atoms with Gasteiger partial charge in [0, 0.05) is 0 Å². The second-order valence-corrected chi connectivity index (χ2v) is 5.04. The van der Waals surface area contributed by atoms with E-state index in [9.17, 15) is 0 Å². The predicted octanol–water partition coefficient (Wildman–Crippen LogP) is 2.78. The summed E-state index contributed by atoms with van der Waals surface area (Å²) in [6.07, 6.45) is 0.948. The molecule has 0 aliphatic carbocycles. The largest absolute Gasteiger partial charge is 0.496 e. The summed E-state index contributed by atoms with van der Waals surface area (Å²) in [4.78, 5) is 0. The number of aliphatic hydroxyl groups excluding tert-OH is 1. The Balaban J connectivity index is 3.01. The topological polar surface area (TPSA) is 29.5 Å². The summed E-state index contributed by atoms with van der Waals surface area (Å²) in [6.45, 7) is 6.66. The minimum Gasteiger partial charge on any atom is -0.496 e. The van der Waals surface area contributed by atoms with Gasteiger partial charge in [-0.05, 0) is 35.1 Å². The summed E-state index contributed by atoms with van der Waals surface area (Å²) >= 11 is 0. The van der Waals surface area contributed by atoms with Crippen LogP contribution < -0.4 is 4.74 Å². The molecular weight excluding hydrogens is 188 g/mol. The maximum Gasteiger partial charge on any atom is 0.122 e. The number of rotatable bonds is 3. The third-order valence-electron chi connectivity index (χ3n) is 2.25. The van der Waals surface area contributed by atoms with Crippen molar-refractivity contribution in [3.63, 3.8) is 0 Å². The smallest absolute Gasteiger partial charge is 0.122 e. The molecule has 0 radical (unpaired) electrons. The van der Waals surface area contributed by atoms with Crippen molar-refractivity contribution in [1.29, 1.82) is 0 Å². The maximum absolute atomic E-state index is 9.08. The fourth-order valence-electron chi connectivity index (χ4n) is 1.64. The van der Waals surface area contributed by atoms with Crippen LogP contribution >= 0.6 is 0 Å². The molecule has 0 amide bonds. The molecular formula is C13H20O2. The van der Waals surface area contributed by atoms with Gasteiger partial charge in [-0.25, -0.2) is 0 Å². The van der Waals surface area contributed by atoms with Crippen molar-refractivity contribution < 1.29 is 9.84 Å². The van der Waals surface area contributed by atoms with Crippen molar-refractivity contribution in [2.45, 2.75) is 33.8 Å². The van der Waals surface area contributed by atoms with Crippen LogP contribution in [0.15, 0.2) is 18.2 Å². The minimum atomic E-state index is 0.0845. The van der Waals surface area contributed by atoms with E-state index in [2.05, 4.69) is 20.8 Å². The van der Waals surface area contributed by atoms with Crippen LogP contribution in [0.3, 0.4) is 0 Å². The summed E-state index contributed by atoms with van der Waals surface area (Å²) in [5.41, 5.74) is 2.33. The monoisotopic (exact) mass is 208 g/mol. The normalized spacial score (nSPS) is 11.5. The van der Waals surface area contributed by atoms with Crippen LogP contribution in [0.4, 0.5) is 0 Å². The third-order valence-corrected chi connectivity index (χ3v) is 2.25. The minimum absolute atomic E-state index is 0.0845. The van der Waals surface area contributed by atoms with Gasteiger partial charge in [0.1, 0.15) is 5.75 Å². The van der Waals surface area contributed by atoms with Crippen LogP contribution in [0.2, 0.25) is 0 Å². The molecule has 1 aromatic rings. The van der Waals surface area contributed by atoms with Crippen molar-refractivity contribution in [2.24, 2.45) is 5.41 Å². The van der Waals surface area contributed by atoms with Gasteiger partial charge in [0.05, 0.1) is 13.7 Å². The second-order valence-electron chi connectivity index (χ2n) is 5.04. The van der Waals surface area contributed by atoms with Gasteiger partial charge in [-0.1, -0.05) is 26.8 Å². The zero-order valence-corrected chi connectivity index (χ0v) is 10.0. The van der Waals surface area contributed by atoms with E-state index in [0.717, 1.165) is 23.3 Å². The van der Waals surface area contributed by atoms with E-state index >= 15 is 0 Å². The average Bonchev–Trinajstić information content (AvgIpc) is 2.15. The maximum atomic E-state index is 9.08. The zero-order valence-electron chi connectivity index (χ0n) is 10.0. The Morgan fingerprint density at radius 3 is 2.40 bits per heavy atom. The highest BCUT2D eigenvalue weighted by atomic mass is 16.5. The van der Waals surface area contributed by atoms with E-state index in [1.807, 2.05) is 18.2 Å². The van der Waals surface area contributed by atoms with Crippen LogP contribution in [0.25, 0.3) is 0 Å². The summed E-state index contributed by atoms with van der Waals surface area (Å²) in [5, 5.41) is 9.08. The van der Waals surface area contributed by atoms with Gasteiger partial charge < -0.3 is 9.84 Å². The highest BCUT2D eigenvalue weighted by Crippen LogP contribution is 2.28. The van der Waals surface area contributed by atoms with Gasteiger partial charge in [0.25, 0.3) is 0 Å². The Morgan fingerprint density at radius 1 is 1.27 bits per heavy atom. The van der Waals surface area contributed by atoms with Gasteiger partial charge in [0.2, 0.25) is 0 Å². The van der Waals surface area contributed by atoms with E-state index in [4.69, 9.17) is 9.84 Å². The Morgan fingerprint density at radius 2 is 1.93 bits per heavy atom. The summed E-state index contributed by atoms with van der Waals surface area (Å²) in [5.74, 6) is 0.905. The lowest BCUT2D eigenvalue weighted by molar-refractivity contribution is 0.281. The number of benzene rings is 1. The number of ether oxygens (including phenoxy) is 1. The van der Waals surface area contributed by atoms with Gasteiger partial charge in [-0.2, -0.15) is 0 Å². The van der Waals surface area contributed by atoms with Crippen molar-refractivity contribution in [1.82, 2.24) is 0 Å².